The molecule has 1 atom stereocenters. The number of carbonyl (C=O) groups excluding carboxylic acids is 1. The number of hydrogen-bond acceptors (Lipinski definition) is 4. The lowest BCUT2D eigenvalue weighted by atomic mass is 10.0. The van der Waals surface area contributed by atoms with Crippen LogP contribution in [0.15, 0.2) is 6.20 Å². The number of hydrogen-bond donors (Lipinski definition) is 1. The summed E-state index contributed by atoms with van der Waals surface area (Å²) in [5, 5.41) is 7.84. The number of aromatic nitrogens is 2. The van der Waals surface area contributed by atoms with Crippen LogP contribution in [0.5, 0.6) is 0 Å². The molecule has 0 saturated heterocycles. The van der Waals surface area contributed by atoms with E-state index in [0.29, 0.717) is 13.0 Å². The molecule has 19 heavy (non-hydrogen) atoms. The van der Waals surface area contributed by atoms with Gasteiger partial charge in [0, 0.05) is 24.8 Å². The van der Waals surface area contributed by atoms with Crippen LogP contribution in [-0.2, 0) is 23.0 Å². The van der Waals surface area contributed by atoms with E-state index in [0.717, 1.165) is 30.6 Å². The van der Waals surface area contributed by atoms with E-state index in [4.69, 9.17) is 4.74 Å². The van der Waals surface area contributed by atoms with Crippen molar-refractivity contribution in [1.82, 2.24) is 15.1 Å². The molecular weight excluding hydrogens is 242 g/mol. The summed E-state index contributed by atoms with van der Waals surface area (Å²) < 4.78 is 6.85. The third-order valence-corrected chi connectivity index (χ3v) is 2.96. The number of carbonyl (C=O) groups is 1. The molecule has 0 bridgehead atoms. The highest BCUT2D eigenvalue weighted by Crippen LogP contribution is 2.21. The van der Waals surface area contributed by atoms with Crippen LogP contribution in [0.2, 0.25) is 0 Å². The van der Waals surface area contributed by atoms with Crippen LogP contribution in [0.3, 0.4) is 0 Å². The van der Waals surface area contributed by atoms with Crippen molar-refractivity contribution in [2.45, 2.75) is 46.1 Å². The van der Waals surface area contributed by atoms with E-state index in [1.807, 2.05) is 20.2 Å². The second-order valence-corrected chi connectivity index (χ2v) is 4.57. The Kier molecular flexibility index (Phi) is 6.56. The second-order valence-electron chi connectivity index (χ2n) is 4.57. The van der Waals surface area contributed by atoms with Gasteiger partial charge in [0.15, 0.2) is 0 Å². The van der Waals surface area contributed by atoms with E-state index in [1.54, 1.807) is 4.68 Å². The lowest BCUT2D eigenvalue weighted by Crippen LogP contribution is -2.26. The first-order chi connectivity index (χ1) is 9.12. The fourth-order valence-electron chi connectivity index (χ4n) is 2.12. The van der Waals surface area contributed by atoms with E-state index in [1.165, 1.54) is 0 Å². The Balaban J connectivity index is 2.85. The summed E-state index contributed by atoms with van der Waals surface area (Å²) in [6.45, 7) is 7.31. The van der Waals surface area contributed by atoms with Crippen LogP contribution < -0.4 is 5.32 Å². The predicted molar refractivity (Wildman–Crippen MR) is 74.9 cm³/mol. The topological polar surface area (TPSA) is 56.1 Å². The second kappa shape index (κ2) is 7.94. The third-order valence-electron chi connectivity index (χ3n) is 2.96. The van der Waals surface area contributed by atoms with E-state index >= 15 is 0 Å². The third kappa shape index (κ3) is 4.67. The molecule has 0 amide bonds. The molecule has 0 saturated carbocycles. The van der Waals surface area contributed by atoms with Gasteiger partial charge in [-0.1, -0.05) is 13.8 Å². The molecule has 0 spiro atoms. The zero-order chi connectivity index (χ0) is 14.3. The first kappa shape index (κ1) is 15.7. The summed E-state index contributed by atoms with van der Waals surface area (Å²) in [6, 6.07) is -0.0114. The van der Waals surface area contributed by atoms with Crippen LogP contribution >= 0.6 is 0 Å². The predicted octanol–water partition coefficient (Wildman–Crippen LogP) is 1.98. The van der Waals surface area contributed by atoms with Gasteiger partial charge in [-0.15, -0.1) is 0 Å². The Labute approximate surface area is 115 Å². The van der Waals surface area contributed by atoms with Gasteiger partial charge in [0.05, 0.1) is 18.7 Å². The molecule has 5 nitrogen and oxygen atoms in total. The van der Waals surface area contributed by atoms with Gasteiger partial charge in [-0.05, 0) is 26.3 Å². The lowest BCUT2D eigenvalue weighted by molar-refractivity contribution is -0.143. The SMILES string of the molecule is CCCNC(CC(=O)OCC)c1cn(C)nc1CC. The van der Waals surface area contributed by atoms with E-state index < -0.39 is 0 Å². The van der Waals surface area contributed by atoms with Gasteiger partial charge in [0.1, 0.15) is 0 Å². The zero-order valence-electron chi connectivity index (χ0n) is 12.4. The fraction of sp³-hybridized carbons (Fsp3) is 0.714. The molecule has 1 aromatic rings. The van der Waals surface area contributed by atoms with E-state index in [2.05, 4.69) is 24.3 Å². The van der Waals surface area contributed by atoms with Crippen LogP contribution in [0, 0.1) is 0 Å². The molecule has 0 aromatic carbocycles. The minimum absolute atomic E-state index is 0.0114. The van der Waals surface area contributed by atoms with Crippen molar-refractivity contribution in [1.29, 1.82) is 0 Å². The van der Waals surface area contributed by atoms with Crippen LogP contribution in [0.25, 0.3) is 0 Å². The molecule has 108 valence electrons. The van der Waals surface area contributed by atoms with Gasteiger partial charge in [-0.25, -0.2) is 0 Å². The van der Waals surface area contributed by atoms with Crippen LogP contribution in [-0.4, -0.2) is 28.9 Å². The number of esters is 1. The summed E-state index contributed by atoms with van der Waals surface area (Å²) in [5.74, 6) is -0.165. The van der Waals surface area contributed by atoms with Gasteiger partial charge in [-0.3, -0.25) is 9.48 Å². The van der Waals surface area contributed by atoms with Crippen molar-refractivity contribution >= 4 is 5.97 Å². The molecule has 5 heteroatoms. The van der Waals surface area contributed by atoms with Crippen molar-refractivity contribution < 1.29 is 9.53 Å². The number of ether oxygens (including phenoxy) is 1. The van der Waals surface area contributed by atoms with Gasteiger partial charge < -0.3 is 10.1 Å². The van der Waals surface area contributed by atoms with Gasteiger partial charge in [0.25, 0.3) is 0 Å². The van der Waals surface area contributed by atoms with Crippen molar-refractivity contribution in [3.8, 4) is 0 Å². The highest BCUT2D eigenvalue weighted by molar-refractivity contribution is 5.70. The molecule has 0 aliphatic heterocycles. The summed E-state index contributed by atoms with van der Waals surface area (Å²) in [6.07, 6.45) is 4.24. The molecule has 1 aromatic heterocycles. The minimum Gasteiger partial charge on any atom is -0.466 e. The largest absolute Gasteiger partial charge is 0.466 e. The Morgan fingerprint density at radius 3 is 2.79 bits per heavy atom. The molecular formula is C14H25N3O2. The summed E-state index contributed by atoms with van der Waals surface area (Å²) in [7, 11) is 1.91. The molecule has 1 unspecified atom stereocenters. The minimum atomic E-state index is -0.165. The van der Waals surface area contributed by atoms with E-state index in [9.17, 15) is 4.79 Å². The van der Waals surface area contributed by atoms with Gasteiger partial charge in [-0.2, -0.15) is 5.10 Å². The van der Waals surface area contributed by atoms with Crippen molar-refractivity contribution in [2.75, 3.05) is 13.2 Å². The maximum absolute atomic E-state index is 11.7. The lowest BCUT2D eigenvalue weighted by Gasteiger charge is -2.17. The Bertz CT molecular complexity index is 401. The van der Waals surface area contributed by atoms with Crippen molar-refractivity contribution in [3.05, 3.63) is 17.5 Å². The monoisotopic (exact) mass is 267 g/mol. The molecule has 0 radical (unpaired) electrons. The average Bonchev–Trinajstić information content (AvgIpc) is 2.76. The fourth-order valence-corrected chi connectivity index (χ4v) is 2.12. The highest BCUT2D eigenvalue weighted by atomic mass is 16.5. The molecule has 1 heterocycles. The summed E-state index contributed by atoms with van der Waals surface area (Å²) in [4.78, 5) is 11.7. The number of rotatable bonds is 8. The van der Waals surface area contributed by atoms with Crippen LogP contribution in [0.1, 0.15) is 50.9 Å². The van der Waals surface area contributed by atoms with E-state index in [-0.39, 0.29) is 12.0 Å². The number of aryl methyl sites for hydroxylation is 2. The van der Waals surface area contributed by atoms with Gasteiger partial charge >= 0.3 is 5.97 Å². The Morgan fingerprint density at radius 1 is 1.47 bits per heavy atom. The molecule has 1 N–H and O–H groups in total. The number of nitrogens with one attached hydrogen (secondary N) is 1. The van der Waals surface area contributed by atoms with Crippen molar-refractivity contribution in [3.63, 3.8) is 0 Å². The van der Waals surface area contributed by atoms with Gasteiger partial charge in [0.2, 0.25) is 0 Å². The first-order valence-electron chi connectivity index (χ1n) is 7.03. The maximum Gasteiger partial charge on any atom is 0.307 e. The molecule has 1 rings (SSSR count). The molecule has 0 aliphatic rings. The average molecular weight is 267 g/mol. The Morgan fingerprint density at radius 2 is 2.21 bits per heavy atom. The van der Waals surface area contributed by atoms with Crippen molar-refractivity contribution in [2.24, 2.45) is 7.05 Å². The zero-order valence-corrected chi connectivity index (χ0v) is 12.4. The standard InChI is InChI=1S/C14H25N3O2/c1-5-8-15-13(9-14(18)19-7-3)11-10-17(4)16-12(11)6-2/h10,13,15H,5-9H2,1-4H3. The quantitative estimate of drug-likeness (QED) is 0.732. The highest BCUT2D eigenvalue weighted by Gasteiger charge is 2.20. The smallest absolute Gasteiger partial charge is 0.307 e. The van der Waals surface area contributed by atoms with Crippen LogP contribution in [0.4, 0.5) is 0 Å². The maximum atomic E-state index is 11.7. The summed E-state index contributed by atoms with van der Waals surface area (Å²) in [5.41, 5.74) is 2.15. The molecule has 0 fully saturated rings. The summed E-state index contributed by atoms with van der Waals surface area (Å²) >= 11 is 0. The first-order valence-corrected chi connectivity index (χ1v) is 7.03. The normalized spacial score (nSPS) is 12.4. The number of nitrogens with zero attached hydrogens (tertiary/aromatic N) is 2. The molecule has 0 aliphatic carbocycles. The Hall–Kier alpha value is -1.36.